The second-order valence-corrected chi connectivity index (χ2v) is 6.50. The van der Waals surface area contributed by atoms with E-state index in [9.17, 15) is 9.90 Å². The smallest absolute Gasteiger partial charge is 0.253 e. The SMILES string of the molecule is [B]C(=C/C)/C=c1/c(C(N)=O)c2[nH]c3c(O)ccc(C)c3n2c1=C(C)CC. The van der Waals surface area contributed by atoms with Crippen molar-refractivity contribution in [3.05, 3.63) is 45.4 Å². The predicted molar refractivity (Wildman–Crippen MR) is 107 cm³/mol. The standard InChI is InChI=1S/C20H22BN3O2/c1-5-10(3)17-13(9-12(21)6-2)15(19(22)26)20-23-16-14(25)8-7-11(4)18(16)24(17)20/h6-9,23,25H,5H2,1-4H3,(H2,22,26)/b12-6+,13-9-,17-10?. The number of rotatable bonds is 3. The van der Waals surface area contributed by atoms with E-state index >= 15 is 0 Å². The molecule has 0 bridgehead atoms. The number of H-pyrrole nitrogens is 1. The van der Waals surface area contributed by atoms with Crippen LogP contribution in [0.2, 0.25) is 0 Å². The Labute approximate surface area is 152 Å². The van der Waals surface area contributed by atoms with E-state index < -0.39 is 5.91 Å². The van der Waals surface area contributed by atoms with Gasteiger partial charge in [-0.1, -0.05) is 25.1 Å². The highest BCUT2D eigenvalue weighted by molar-refractivity contribution is 6.26. The quantitative estimate of drug-likeness (QED) is 0.633. The minimum Gasteiger partial charge on any atom is -0.506 e. The fourth-order valence-electron chi connectivity index (χ4n) is 3.37. The first-order chi connectivity index (χ1) is 12.3. The summed E-state index contributed by atoms with van der Waals surface area (Å²) in [6.07, 6.45) is 4.35. The molecule has 0 aliphatic rings. The van der Waals surface area contributed by atoms with Crippen molar-refractivity contribution in [3.8, 4) is 5.75 Å². The highest BCUT2D eigenvalue weighted by atomic mass is 16.3. The Morgan fingerprint density at radius 3 is 2.69 bits per heavy atom. The molecule has 0 saturated heterocycles. The van der Waals surface area contributed by atoms with E-state index in [1.165, 1.54) is 0 Å². The van der Waals surface area contributed by atoms with Gasteiger partial charge in [0.1, 0.15) is 24.8 Å². The number of amides is 1. The number of primary amides is 1. The lowest BCUT2D eigenvalue weighted by molar-refractivity contribution is 0.100. The van der Waals surface area contributed by atoms with Crippen molar-refractivity contribution in [2.75, 3.05) is 0 Å². The van der Waals surface area contributed by atoms with Crippen LogP contribution in [-0.4, -0.2) is 28.2 Å². The predicted octanol–water partition coefficient (Wildman–Crippen LogP) is 1.97. The fourth-order valence-corrected chi connectivity index (χ4v) is 3.37. The molecule has 0 spiro atoms. The Morgan fingerprint density at radius 1 is 1.42 bits per heavy atom. The van der Waals surface area contributed by atoms with Crippen molar-refractivity contribution < 1.29 is 9.90 Å². The highest BCUT2D eigenvalue weighted by Crippen LogP contribution is 2.28. The Hall–Kier alpha value is -2.89. The van der Waals surface area contributed by atoms with E-state index in [0.29, 0.717) is 27.4 Å². The number of aryl methyl sites for hydroxylation is 1. The molecule has 3 aromatic rings. The molecule has 6 heteroatoms. The van der Waals surface area contributed by atoms with Crippen LogP contribution in [-0.2, 0) is 0 Å². The first-order valence-electron chi connectivity index (χ1n) is 8.59. The number of phenols is 1. The number of carbonyl (C=O) groups excluding carboxylic acids is 1. The summed E-state index contributed by atoms with van der Waals surface area (Å²) in [6.45, 7) is 7.88. The fraction of sp³-hybridized carbons (Fsp3) is 0.250. The minimum atomic E-state index is -0.545. The Balaban J connectivity index is 2.78. The van der Waals surface area contributed by atoms with Crippen LogP contribution in [0.5, 0.6) is 5.75 Å². The molecule has 0 atom stereocenters. The topological polar surface area (TPSA) is 83.5 Å². The van der Waals surface area contributed by atoms with Crippen molar-refractivity contribution in [2.24, 2.45) is 5.73 Å². The molecule has 2 radical (unpaired) electrons. The van der Waals surface area contributed by atoms with E-state index in [2.05, 4.69) is 11.9 Å². The average molecular weight is 347 g/mol. The van der Waals surface area contributed by atoms with Gasteiger partial charge in [-0.25, -0.2) is 0 Å². The number of aromatic amines is 1. The lowest BCUT2D eigenvalue weighted by Gasteiger charge is -2.02. The van der Waals surface area contributed by atoms with Gasteiger partial charge >= 0.3 is 0 Å². The van der Waals surface area contributed by atoms with Crippen LogP contribution >= 0.6 is 0 Å². The number of fused-ring (bicyclic) bond motifs is 3. The molecule has 5 nitrogen and oxygen atoms in total. The maximum Gasteiger partial charge on any atom is 0.253 e. The molecular weight excluding hydrogens is 325 g/mol. The van der Waals surface area contributed by atoms with Crippen molar-refractivity contribution in [2.45, 2.75) is 34.1 Å². The molecule has 0 aliphatic carbocycles. The second-order valence-electron chi connectivity index (χ2n) is 6.50. The third-order valence-electron chi connectivity index (χ3n) is 4.86. The molecule has 0 saturated carbocycles. The number of benzene rings is 1. The van der Waals surface area contributed by atoms with Crippen LogP contribution in [0, 0.1) is 6.92 Å². The number of hydrogen-bond donors (Lipinski definition) is 3. The molecule has 3 rings (SSSR count). The third kappa shape index (κ3) is 2.53. The van der Waals surface area contributed by atoms with Gasteiger partial charge in [-0.2, -0.15) is 0 Å². The van der Waals surface area contributed by atoms with Gasteiger partial charge < -0.3 is 15.8 Å². The number of phenolic OH excluding ortho intramolecular Hbond substituents is 1. The van der Waals surface area contributed by atoms with Crippen molar-refractivity contribution >= 4 is 42.1 Å². The third-order valence-corrected chi connectivity index (χ3v) is 4.86. The number of hydrogen-bond acceptors (Lipinski definition) is 2. The first kappa shape index (κ1) is 17.9. The Bertz CT molecular complexity index is 1200. The summed E-state index contributed by atoms with van der Waals surface area (Å²) >= 11 is 0. The molecule has 0 fully saturated rings. The van der Waals surface area contributed by atoms with Gasteiger partial charge in [0.15, 0.2) is 0 Å². The molecule has 1 amide bonds. The summed E-state index contributed by atoms with van der Waals surface area (Å²) in [4.78, 5) is 15.5. The molecule has 0 aliphatic heterocycles. The van der Waals surface area contributed by atoms with E-state index in [1.807, 2.05) is 31.2 Å². The van der Waals surface area contributed by atoms with Crippen molar-refractivity contribution in [3.63, 3.8) is 0 Å². The van der Waals surface area contributed by atoms with Gasteiger partial charge in [0, 0.05) is 5.22 Å². The first-order valence-corrected chi connectivity index (χ1v) is 8.59. The summed E-state index contributed by atoms with van der Waals surface area (Å²) in [5.74, 6) is -0.417. The summed E-state index contributed by atoms with van der Waals surface area (Å²) in [5.41, 5.74) is 10.7. The lowest BCUT2D eigenvalue weighted by Crippen LogP contribution is -2.33. The van der Waals surface area contributed by atoms with E-state index in [0.717, 1.165) is 28.4 Å². The number of aromatic nitrogens is 2. The highest BCUT2D eigenvalue weighted by Gasteiger charge is 2.20. The summed E-state index contributed by atoms with van der Waals surface area (Å²) < 4.78 is 1.97. The zero-order valence-corrected chi connectivity index (χ0v) is 15.5. The van der Waals surface area contributed by atoms with Crippen LogP contribution < -0.4 is 16.3 Å². The number of imidazole rings is 1. The Morgan fingerprint density at radius 2 is 2.12 bits per heavy atom. The second kappa shape index (κ2) is 6.44. The molecule has 2 heterocycles. The molecule has 0 unspecified atom stereocenters. The van der Waals surface area contributed by atoms with Gasteiger partial charge in [-0.3, -0.25) is 9.20 Å². The number of nitrogens with two attached hydrogens (primary N) is 1. The van der Waals surface area contributed by atoms with Crippen LogP contribution in [0.25, 0.3) is 28.3 Å². The van der Waals surface area contributed by atoms with Crippen molar-refractivity contribution in [1.29, 1.82) is 0 Å². The zero-order chi connectivity index (χ0) is 19.2. The van der Waals surface area contributed by atoms with Crippen LogP contribution in [0.3, 0.4) is 0 Å². The van der Waals surface area contributed by atoms with E-state index in [1.54, 1.807) is 18.2 Å². The largest absolute Gasteiger partial charge is 0.506 e. The number of nitrogens with zero attached hydrogens (tertiary/aromatic N) is 1. The van der Waals surface area contributed by atoms with Gasteiger partial charge in [0.25, 0.3) is 5.91 Å². The van der Waals surface area contributed by atoms with E-state index in [4.69, 9.17) is 13.6 Å². The van der Waals surface area contributed by atoms with E-state index in [-0.39, 0.29) is 5.75 Å². The van der Waals surface area contributed by atoms with Crippen LogP contribution in [0.15, 0.2) is 23.7 Å². The maximum absolute atomic E-state index is 12.3. The molecular formula is C20H22BN3O2. The molecule has 132 valence electrons. The Kier molecular flexibility index (Phi) is 4.44. The molecule has 4 N–H and O–H groups in total. The number of nitrogens with one attached hydrogen (secondary N) is 1. The monoisotopic (exact) mass is 347 g/mol. The zero-order valence-electron chi connectivity index (χ0n) is 15.5. The van der Waals surface area contributed by atoms with Gasteiger partial charge in [0.05, 0.1) is 16.4 Å². The molecule has 26 heavy (non-hydrogen) atoms. The lowest BCUT2D eigenvalue weighted by atomic mass is 9.94. The normalized spacial score (nSPS) is 14.5. The van der Waals surface area contributed by atoms with Crippen molar-refractivity contribution in [1.82, 2.24) is 9.38 Å². The van der Waals surface area contributed by atoms with Gasteiger partial charge in [0.2, 0.25) is 0 Å². The number of allylic oxidation sites excluding steroid dienone is 2. The van der Waals surface area contributed by atoms with Crippen LogP contribution in [0.1, 0.15) is 43.1 Å². The van der Waals surface area contributed by atoms with Crippen LogP contribution in [0.4, 0.5) is 0 Å². The summed E-state index contributed by atoms with van der Waals surface area (Å²) in [6, 6.07) is 3.49. The maximum atomic E-state index is 12.3. The average Bonchev–Trinajstić information content (AvgIpc) is 3.12. The minimum absolute atomic E-state index is 0.128. The van der Waals surface area contributed by atoms with Gasteiger partial charge in [-0.05, 0) is 44.4 Å². The summed E-state index contributed by atoms with van der Waals surface area (Å²) in [5, 5.41) is 11.9. The number of carbonyl (C=O) groups is 1. The summed E-state index contributed by atoms with van der Waals surface area (Å²) in [7, 11) is 6.03. The molecule has 2 aromatic heterocycles. The molecule has 1 aromatic carbocycles. The van der Waals surface area contributed by atoms with Gasteiger partial charge in [-0.15, -0.1) is 5.47 Å². The number of aromatic hydroxyl groups is 1.